The number of rotatable bonds is 2. The van der Waals surface area contributed by atoms with Gasteiger partial charge in [-0.05, 0) is 17.7 Å². The summed E-state index contributed by atoms with van der Waals surface area (Å²) in [6.45, 7) is 5.01. The van der Waals surface area contributed by atoms with E-state index in [2.05, 4.69) is 16.2 Å². The number of carbonyl (C=O) groups is 2. The highest BCUT2D eigenvalue weighted by molar-refractivity contribution is 5.91. The summed E-state index contributed by atoms with van der Waals surface area (Å²) in [7, 11) is 0. The summed E-state index contributed by atoms with van der Waals surface area (Å²) in [6.07, 6.45) is -5.40. The van der Waals surface area contributed by atoms with Gasteiger partial charge in [0.1, 0.15) is 0 Å². The first kappa shape index (κ1) is 17.8. The van der Waals surface area contributed by atoms with Crippen molar-refractivity contribution >= 4 is 17.6 Å². The first-order valence-corrected chi connectivity index (χ1v) is 6.50. The molecule has 0 spiro atoms. The van der Waals surface area contributed by atoms with E-state index in [1.54, 1.807) is 20.8 Å². The molecule has 0 aromatic heterocycles. The summed E-state index contributed by atoms with van der Waals surface area (Å²) in [6, 6.07) is 4.65. The molecule has 1 aromatic carbocycles. The zero-order chi connectivity index (χ0) is 17.0. The van der Waals surface area contributed by atoms with Gasteiger partial charge < -0.3 is 5.32 Å². The lowest BCUT2D eigenvalue weighted by Gasteiger charge is -2.18. The molecular weight excluding hydrogens is 299 g/mol. The van der Waals surface area contributed by atoms with Crippen LogP contribution in [-0.4, -0.2) is 18.1 Å². The van der Waals surface area contributed by atoms with Gasteiger partial charge in [0.05, 0.1) is 6.42 Å². The minimum atomic E-state index is -4.32. The predicted molar refractivity (Wildman–Crippen MR) is 76.0 cm³/mol. The topological polar surface area (TPSA) is 70.2 Å². The molecule has 5 nitrogen and oxygen atoms in total. The van der Waals surface area contributed by atoms with Crippen molar-refractivity contribution in [3.8, 4) is 0 Å². The van der Waals surface area contributed by atoms with Gasteiger partial charge in [-0.1, -0.05) is 32.9 Å². The molecule has 0 unspecified atom stereocenters. The van der Waals surface area contributed by atoms with Gasteiger partial charge in [0.2, 0.25) is 5.91 Å². The normalized spacial score (nSPS) is 11.7. The maximum Gasteiger partial charge on any atom is 0.393 e. The summed E-state index contributed by atoms with van der Waals surface area (Å²) < 4.78 is 36.9. The largest absolute Gasteiger partial charge is 0.393 e. The number of urea groups is 1. The van der Waals surface area contributed by atoms with Crippen LogP contribution < -0.4 is 16.2 Å². The summed E-state index contributed by atoms with van der Waals surface area (Å²) in [5.74, 6) is -0.395. The molecule has 22 heavy (non-hydrogen) atoms. The van der Waals surface area contributed by atoms with E-state index in [0.29, 0.717) is 0 Å². The van der Waals surface area contributed by atoms with E-state index in [4.69, 9.17) is 0 Å². The molecule has 0 heterocycles. The van der Waals surface area contributed by atoms with Crippen LogP contribution in [-0.2, 0) is 11.2 Å². The van der Waals surface area contributed by atoms with Gasteiger partial charge in [-0.25, -0.2) is 10.2 Å². The Labute approximate surface area is 126 Å². The third-order valence-corrected chi connectivity index (χ3v) is 2.56. The Morgan fingerprint density at radius 2 is 1.73 bits per heavy atom. The number of amides is 3. The summed E-state index contributed by atoms with van der Waals surface area (Å²) in [5.41, 5.74) is 3.90. The molecule has 0 saturated heterocycles. The van der Waals surface area contributed by atoms with E-state index in [1.165, 1.54) is 24.3 Å². The first-order valence-electron chi connectivity index (χ1n) is 6.50. The van der Waals surface area contributed by atoms with Crippen molar-refractivity contribution in [2.45, 2.75) is 33.4 Å². The van der Waals surface area contributed by atoms with Crippen LogP contribution in [0.15, 0.2) is 24.3 Å². The van der Waals surface area contributed by atoms with Crippen molar-refractivity contribution in [1.29, 1.82) is 0 Å². The van der Waals surface area contributed by atoms with Crippen LogP contribution in [0.1, 0.15) is 26.3 Å². The summed E-state index contributed by atoms with van der Waals surface area (Å²) in [4.78, 5) is 23.1. The molecule has 0 saturated carbocycles. The molecule has 3 N–H and O–H groups in total. The fourth-order valence-corrected chi connectivity index (χ4v) is 1.45. The second-order valence-corrected chi connectivity index (χ2v) is 5.78. The smallest absolute Gasteiger partial charge is 0.307 e. The lowest BCUT2D eigenvalue weighted by Crippen LogP contribution is -2.48. The molecule has 1 rings (SSSR count). The quantitative estimate of drug-likeness (QED) is 0.734. The molecule has 8 heteroatoms. The Hall–Kier alpha value is -2.25. The molecular formula is C14H18F3N3O2. The van der Waals surface area contributed by atoms with Crippen molar-refractivity contribution in [3.05, 3.63) is 29.8 Å². The highest BCUT2D eigenvalue weighted by Gasteiger charge is 2.27. The van der Waals surface area contributed by atoms with Gasteiger partial charge in [-0.3, -0.25) is 10.2 Å². The van der Waals surface area contributed by atoms with E-state index in [9.17, 15) is 22.8 Å². The van der Waals surface area contributed by atoms with Crippen molar-refractivity contribution in [3.63, 3.8) is 0 Å². The number of halogens is 3. The number of nitrogens with one attached hydrogen (secondary N) is 3. The van der Waals surface area contributed by atoms with Gasteiger partial charge in [-0.2, -0.15) is 13.2 Å². The maximum absolute atomic E-state index is 12.3. The number of hydrazine groups is 1. The minimum absolute atomic E-state index is 0.0315. The second-order valence-electron chi connectivity index (χ2n) is 5.78. The van der Waals surface area contributed by atoms with Crippen molar-refractivity contribution in [2.24, 2.45) is 5.41 Å². The molecule has 0 fully saturated rings. The van der Waals surface area contributed by atoms with E-state index >= 15 is 0 Å². The van der Waals surface area contributed by atoms with Crippen LogP contribution in [0.5, 0.6) is 0 Å². The second kappa shape index (κ2) is 6.67. The predicted octanol–water partition coefficient (Wildman–Crippen LogP) is 2.99. The van der Waals surface area contributed by atoms with Gasteiger partial charge in [0.25, 0.3) is 0 Å². The van der Waals surface area contributed by atoms with Crippen LogP contribution in [0.25, 0.3) is 0 Å². The lowest BCUT2D eigenvalue weighted by molar-refractivity contribution is -0.129. The number of alkyl halides is 3. The van der Waals surface area contributed by atoms with Gasteiger partial charge in [0, 0.05) is 11.1 Å². The molecule has 0 aliphatic rings. The van der Waals surface area contributed by atoms with E-state index in [1.807, 2.05) is 0 Å². The SMILES string of the molecule is CC(C)(C)C(=O)NNC(=O)Nc1cccc(CC(F)(F)F)c1. The highest BCUT2D eigenvalue weighted by atomic mass is 19.4. The Morgan fingerprint density at radius 3 is 2.27 bits per heavy atom. The summed E-state index contributed by atoms with van der Waals surface area (Å²) in [5, 5.41) is 2.34. The van der Waals surface area contributed by atoms with Crippen molar-refractivity contribution in [1.82, 2.24) is 10.9 Å². The third-order valence-electron chi connectivity index (χ3n) is 2.56. The Morgan fingerprint density at radius 1 is 1.09 bits per heavy atom. The fourth-order valence-electron chi connectivity index (χ4n) is 1.45. The average molecular weight is 317 g/mol. The Bertz CT molecular complexity index is 551. The maximum atomic E-state index is 12.3. The summed E-state index contributed by atoms with van der Waals surface area (Å²) >= 11 is 0. The molecule has 122 valence electrons. The Balaban J connectivity index is 2.58. The molecule has 1 aromatic rings. The number of hydrogen-bond donors (Lipinski definition) is 3. The van der Waals surface area contributed by atoms with Gasteiger partial charge in [0.15, 0.2) is 0 Å². The van der Waals surface area contributed by atoms with Crippen molar-refractivity contribution < 1.29 is 22.8 Å². The zero-order valence-corrected chi connectivity index (χ0v) is 12.5. The van der Waals surface area contributed by atoms with E-state index in [0.717, 1.165) is 0 Å². The zero-order valence-electron chi connectivity index (χ0n) is 12.5. The van der Waals surface area contributed by atoms with Crippen LogP contribution in [0.3, 0.4) is 0 Å². The Kier molecular flexibility index (Phi) is 5.40. The van der Waals surface area contributed by atoms with Gasteiger partial charge >= 0.3 is 12.2 Å². The van der Waals surface area contributed by atoms with Crippen LogP contribution in [0.2, 0.25) is 0 Å². The highest BCUT2D eigenvalue weighted by Crippen LogP contribution is 2.22. The number of carbonyl (C=O) groups excluding carboxylic acids is 2. The van der Waals surface area contributed by atoms with Gasteiger partial charge in [-0.15, -0.1) is 0 Å². The molecule has 3 amide bonds. The van der Waals surface area contributed by atoms with Crippen LogP contribution in [0.4, 0.5) is 23.7 Å². The fraction of sp³-hybridized carbons (Fsp3) is 0.429. The van der Waals surface area contributed by atoms with Crippen molar-refractivity contribution in [2.75, 3.05) is 5.32 Å². The monoisotopic (exact) mass is 317 g/mol. The molecule has 0 aliphatic carbocycles. The lowest BCUT2D eigenvalue weighted by atomic mass is 9.96. The molecule has 0 atom stereocenters. The van der Waals surface area contributed by atoms with Crippen LogP contribution >= 0.6 is 0 Å². The standard InChI is InChI=1S/C14H18F3N3O2/c1-13(2,3)11(21)19-20-12(22)18-10-6-4-5-9(7-10)8-14(15,16)17/h4-7H,8H2,1-3H3,(H,19,21)(H2,18,20,22). The van der Waals surface area contributed by atoms with Crippen LogP contribution in [0, 0.1) is 5.41 Å². The molecule has 0 aliphatic heterocycles. The van der Waals surface area contributed by atoms with E-state index in [-0.39, 0.29) is 11.3 Å². The number of benzene rings is 1. The number of hydrogen-bond acceptors (Lipinski definition) is 2. The van der Waals surface area contributed by atoms with E-state index < -0.39 is 30.0 Å². The first-order chi connectivity index (χ1) is 9.97. The third kappa shape index (κ3) is 6.47. The minimum Gasteiger partial charge on any atom is -0.307 e. The number of anilines is 1. The molecule has 0 radical (unpaired) electrons. The average Bonchev–Trinajstić information content (AvgIpc) is 2.33. The molecule has 0 bridgehead atoms.